The minimum absolute atomic E-state index is 0.117. The monoisotopic (exact) mass is 1010 g/mol. The van der Waals surface area contributed by atoms with Gasteiger partial charge in [0.05, 0.1) is 6.42 Å². The number of rotatable bonds is 54. The Bertz CT molecular complexity index is 1490. The second-order valence-corrected chi connectivity index (χ2v) is 19.9. The van der Waals surface area contributed by atoms with Crippen LogP contribution in [-0.4, -0.2) is 37.2 Å². The zero-order valence-electron chi connectivity index (χ0n) is 47.6. The Morgan fingerprint density at radius 2 is 0.589 bits per heavy atom. The molecule has 0 saturated heterocycles. The molecule has 1 unspecified atom stereocenters. The van der Waals surface area contributed by atoms with Gasteiger partial charge < -0.3 is 14.2 Å². The van der Waals surface area contributed by atoms with Gasteiger partial charge in [0.25, 0.3) is 0 Å². The summed E-state index contributed by atoms with van der Waals surface area (Å²) >= 11 is 0. The number of hydrogen-bond donors (Lipinski definition) is 0. The molecule has 0 aromatic carbocycles. The first kappa shape index (κ1) is 69.1. The van der Waals surface area contributed by atoms with Gasteiger partial charge in [0.15, 0.2) is 6.10 Å². The van der Waals surface area contributed by atoms with E-state index in [9.17, 15) is 14.4 Å². The molecule has 0 aliphatic heterocycles. The Labute approximate surface area is 450 Å². The van der Waals surface area contributed by atoms with E-state index in [2.05, 4.69) is 118 Å². The van der Waals surface area contributed by atoms with Gasteiger partial charge in [-0.1, -0.05) is 284 Å². The summed E-state index contributed by atoms with van der Waals surface area (Å²) in [5.41, 5.74) is 0. The Morgan fingerprint density at radius 1 is 0.301 bits per heavy atom. The third-order valence-corrected chi connectivity index (χ3v) is 12.8. The Hall–Kier alpha value is -3.93. The van der Waals surface area contributed by atoms with Crippen molar-refractivity contribution >= 4 is 17.9 Å². The molecule has 0 rings (SSSR count). The lowest BCUT2D eigenvalue weighted by molar-refractivity contribution is -0.166. The number of hydrogen-bond acceptors (Lipinski definition) is 6. The molecule has 0 fully saturated rings. The normalized spacial score (nSPS) is 12.9. The van der Waals surface area contributed by atoms with Crippen molar-refractivity contribution in [2.75, 3.05) is 13.2 Å². The quantitative estimate of drug-likeness (QED) is 0.0261. The first-order valence-electron chi connectivity index (χ1n) is 30.4. The number of carbonyl (C=O) groups excluding carboxylic acids is 3. The van der Waals surface area contributed by atoms with E-state index in [-0.39, 0.29) is 38.0 Å². The van der Waals surface area contributed by atoms with Crippen LogP contribution in [0.4, 0.5) is 0 Å². The number of unbranched alkanes of at least 4 members (excludes halogenated alkanes) is 26. The molecule has 0 aromatic rings. The highest BCUT2D eigenvalue weighted by Crippen LogP contribution is 2.16. The summed E-state index contributed by atoms with van der Waals surface area (Å²) in [5, 5.41) is 0. The number of carbonyl (C=O) groups is 3. The predicted octanol–water partition coefficient (Wildman–Crippen LogP) is 20.7. The SMILES string of the molecule is CC/C=C\C/C=C\C/C=C\C/C=C\C/C=C\CC(=O)OCC(COC(=O)CCCCCCCCCCCCCCCCCCCCCCCCC)OC(=O)CCCCCC/C=C\C/C=C\C/C=C\C/C=C\CC. The van der Waals surface area contributed by atoms with Gasteiger partial charge in [-0.2, -0.15) is 0 Å². The first-order chi connectivity index (χ1) is 36.0. The standard InChI is InChI=1S/C67H112O6/c1-4-7-10-13-16-19-22-25-28-30-31-32-33-34-35-37-39-42-45-48-51-54-57-60-66(69)72-63-64(62-71-65(68)59-56-53-50-47-44-41-38-27-24-21-18-15-12-9-6-3)73-67(70)61-58-55-52-49-46-43-40-36-29-26-23-20-17-14-11-8-5-2/h8-9,11-12,17-18,20-21,26-27,29,38,40,43-44,47,53,56,64H,4-7,10,13-16,19,22-25,28,30-37,39,41-42,45-46,48-52,54-55,57-63H2,1-3H3/b11-8-,12-9-,20-17-,21-18-,29-26-,38-27-,43-40-,47-44-,56-53-. The molecule has 0 saturated carbocycles. The molecule has 6 nitrogen and oxygen atoms in total. The molecule has 0 bridgehead atoms. The van der Waals surface area contributed by atoms with E-state index < -0.39 is 12.1 Å². The molecule has 1 atom stereocenters. The number of ether oxygens (including phenoxy) is 3. The van der Waals surface area contributed by atoms with Crippen LogP contribution in [0.2, 0.25) is 0 Å². The molecule has 0 N–H and O–H groups in total. The zero-order chi connectivity index (χ0) is 52.9. The fourth-order valence-electron chi connectivity index (χ4n) is 8.33. The van der Waals surface area contributed by atoms with Crippen molar-refractivity contribution in [3.05, 3.63) is 109 Å². The highest BCUT2D eigenvalue weighted by atomic mass is 16.6. The van der Waals surface area contributed by atoms with Crippen LogP contribution in [0.15, 0.2) is 109 Å². The molecule has 0 amide bonds. The second kappa shape index (κ2) is 60.6. The molecule has 0 radical (unpaired) electrons. The fraction of sp³-hybridized carbons (Fsp3) is 0.687. The molecule has 0 heterocycles. The summed E-state index contributed by atoms with van der Waals surface area (Å²) in [4.78, 5) is 38.2. The molecule has 73 heavy (non-hydrogen) atoms. The average molecular weight is 1010 g/mol. The topological polar surface area (TPSA) is 78.9 Å². The van der Waals surface area contributed by atoms with Gasteiger partial charge in [0, 0.05) is 12.8 Å². The van der Waals surface area contributed by atoms with Crippen LogP contribution in [0.5, 0.6) is 0 Å². The van der Waals surface area contributed by atoms with Crippen LogP contribution >= 0.6 is 0 Å². The van der Waals surface area contributed by atoms with Gasteiger partial charge in [0.1, 0.15) is 13.2 Å². The van der Waals surface area contributed by atoms with Crippen molar-refractivity contribution in [3.63, 3.8) is 0 Å². The van der Waals surface area contributed by atoms with E-state index in [0.717, 1.165) is 109 Å². The highest BCUT2D eigenvalue weighted by Gasteiger charge is 2.19. The Morgan fingerprint density at radius 3 is 0.959 bits per heavy atom. The van der Waals surface area contributed by atoms with Gasteiger partial charge in [0.2, 0.25) is 0 Å². The summed E-state index contributed by atoms with van der Waals surface area (Å²) in [6.45, 7) is 6.32. The van der Waals surface area contributed by atoms with Gasteiger partial charge in [-0.25, -0.2) is 0 Å². The summed E-state index contributed by atoms with van der Waals surface area (Å²) < 4.78 is 16.8. The highest BCUT2D eigenvalue weighted by molar-refractivity contribution is 5.72. The fourth-order valence-corrected chi connectivity index (χ4v) is 8.33. The van der Waals surface area contributed by atoms with Crippen molar-refractivity contribution in [1.29, 1.82) is 0 Å². The summed E-state index contributed by atoms with van der Waals surface area (Å²) in [6, 6.07) is 0. The molecule has 0 aliphatic rings. The third-order valence-electron chi connectivity index (χ3n) is 12.8. The molecular weight excluding hydrogens is 901 g/mol. The maximum absolute atomic E-state index is 12.9. The van der Waals surface area contributed by atoms with E-state index in [0.29, 0.717) is 6.42 Å². The van der Waals surface area contributed by atoms with Crippen molar-refractivity contribution in [2.45, 2.75) is 284 Å². The Balaban J connectivity index is 4.43. The maximum Gasteiger partial charge on any atom is 0.309 e. The smallest absolute Gasteiger partial charge is 0.309 e. The minimum Gasteiger partial charge on any atom is -0.462 e. The summed E-state index contributed by atoms with van der Waals surface area (Å²) in [7, 11) is 0. The van der Waals surface area contributed by atoms with Crippen LogP contribution in [0, 0.1) is 0 Å². The van der Waals surface area contributed by atoms with Gasteiger partial charge >= 0.3 is 17.9 Å². The molecule has 0 spiro atoms. The number of esters is 3. The summed E-state index contributed by atoms with van der Waals surface area (Å²) in [6.07, 6.45) is 82.7. The van der Waals surface area contributed by atoms with E-state index in [1.807, 2.05) is 6.08 Å². The van der Waals surface area contributed by atoms with E-state index >= 15 is 0 Å². The molecular formula is C67H112O6. The van der Waals surface area contributed by atoms with Crippen molar-refractivity contribution in [2.24, 2.45) is 0 Å². The minimum atomic E-state index is -0.832. The largest absolute Gasteiger partial charge is 0.462 e. The van der Waals surface area contributed by atoms with Gasteiger partial charge in [-0.15, -0.1) is 0 Å². The first-order valence-corrected chi connectivity index (χ1v) is 30.4. The number of allylic oxidation sites excluding steroid dienone is 17. The van der Waals surface area contributed by atoms with Crippen molar-refractivity contribution in [1.82, 2.24) is 0 Å². The molecule has 6 heteroatoms. The second-order valence-electron chi connectivity index (χ2n) is 19.9. The maximum atomic E-state index is 12.9. The predicted molar refractivity (Wildman–Crippen MR) is 316 cm³/mol. The lowest BCUT2D eigenvalue weighted by atomic mass is 10.0. The van der Waals surface area contributed by atoms with E-state index in [4.69, 9.17) is 14.2 Å². The average Bonchev–Trinajstić information content (AvgIpc) is 3.39. The lowest BCUT2D eigenvalue weighted by Crippen LogP contribution is -2.30. The van der Waals surface area contributed by atoms with Crippen LogP contribution in [0.25, 0.3) is 0 Å². The van der Waals surface area contributed by atoms with Crippen LogP contribution in [0.3, 0.4) is 0 Å². The van der Waals surface area contributed by atoms with E-state index in [1.54, 1.807) is 6.08 Å². The lowest BCUT2D eigenvalue weighted by Gasteiger charge is -2.18. The molecule has 0 aliphatic carbocycles. The van der Waals surface area contributed by atoms with Crippen LogP contribution in [-0.2, 0) is 28.6 Å². The van der Waals surface area contributed by atoms with Gasteiger partial charge in [-0.05, 0) is 83.5 Å². The summed E-state index contributed by atoms with van der Waals surface area (Å²) in [5.74, 6) is -1.07. The van der Waals surface area contributed by atoms with Gasteiger partial charge in [-0.3, -0.25) is 14.4 Å². The zero-order valence-corrected chi connectivity index (χ0v) is 47.6. The van der Waals surface area contributed by atoms with Crippen LogP contribution < -0.4 is 0 Å². The Kier molecular flexibility index (Phi) is 57.4. The van der Waals surface area contributed by atoms with E-state index in [1.165, 1.54) is 128 Å². The van der Waals surface area contributed by atoms with Crippen molar-refractivity contribution in [3.8, 4) is 0 Å². The van der Waals surface area contributed by atoms with Crippen LogP contribution in [0.1, 0.15) is 278 Å². The molecule has 0 aromatic heterocycles. The van der Waals surface area contributed by atoms with Crippen molar-refractivity contribution < 1.29 is 28.6 Å². The molecule has 416 valence electrons. The third kappa shape index (κ3) is 58.8.